The van der Waals surface area contributed by atoms with E-state index in [1.54, 1.807) is 6.42 Å². The van der Waals surface area contributed by atoms with Crippen molar-refractivity contribution in [2.24, 2.45) is 35.5 Å². The number of hydrogen-bond acceptors (Lipinski definition) is 0. The van der Waals surface area contributed by atoms with Gasteiger partial charge < -0.3 is 0 Å². The van der Waals surface area contributed by atoms with Crippen LogP contribution in [0.2, 0.25) is 0 Å². The summed E-state index contributed by atoms with van der Waals surface area (Å²) in [7, 11) is 0. The Bertz CT molecular complexity index is 159. The Labute approximate surface area is 59.6 Å². The first-order valence-electron chi connectivity index (χ1n) is 4.03. The van der Waals surface area contributed by atoms with Crippen LogP contribution >= 0.6 is 11.6 Å². The fourth-order valence-corrected chi connectivity index (χ4v) is 4.97. The van der Waals surface area contributed by atoms with Crippen molar-refractivity contribution in [2.75, 3.05) is 0 Å². The summed E-state index contributed by atoms with van der Waals surface area (Å²) in [5.74, 6) is 6.54. The second kappa shape index (κ2) is 0.887. The van der Waals surface area contributed by atoms with Crippen molar-refractivity contribution in [3.8, 4) is 0 Å². The first-order valence-corrected chi connectivity index (χ1v) is 4.47. The maximum absolute atomic E-state index is 6.22. The zero-order chi connectivity index (χ0) is 5.75. The largest absolute Gasteiger partial charge is 0.122 e. The molecule has 5 aliphatic carbocycles. The van der Waals surface area contributed by atoms with Crippen LogP contribution in [-0.4, -0.2) is 5.38 Å². The molecule has 5 aliphatic rings. The monoisotopic (exact) mass is 140 g/mol. The van der Waals surface area contributed by atoms with Crippen molar-refractivity contribution >= 4 is 11.6 Å². The van der Waals surface area contributed by atoms with Gasteiger partial charge in [0.15, 0.2) is 0 Å². The third kappa shape index (κ3) is 0.224. The Morgan fingerprint density at radius 2 is 1.56 bits per heavy atom. The van der Waals surface area contributed by atoms with E-state index in [2.05, 4.69) is 0 Å². The molecule has 5 rings (SSSR count). The van der Waals surface area contributed by atoms with Gasteiger partial charge in [-0.15, -0.1) is 11.6 Å². The number of hydrogen-bond donors (Lipinski definition) is 0. The van der Waals surface area contributed by atoms with Crippen molar-refractivity contribution in [2.45, 2.75) is 11.8 Å². The Morgan fingerprint density at radius 1 is 0.889 bits per heavy atom. The molecule has 5 atom stereocenters. The molecular weight excluding hydrogens is 132 g/mol. The molecule has 5 saturated carbocycles. The van der Waals surface area contributed by atoms with Crippen LogP contribution in [0, 0.1) is 35.5 Å². The van der Waals surface area contributed by atoms with Crippen LogP contribution in [0.15, 0.2) is 0 Å². The zero-order valence-corrected chi connectivity index (χ0v) is 5.88. The number of alkyl halides is 1. The summed E-state index contributed by atoms with van der Waals surface area (Å²) in [5.41, 5.74) is 0. The smallest absolute Gasteiger partial charge is 0.0403 e. The standard InChI is InChI=1S/C8H9Cl/c9-8-4-2-1-3(4)6-5(2)7(6)8/h2-8H,1H2. The van der Waals surface area contributed by atoms with Crippen molar-refractivity contribution < 1.29 is 0 Å². The Morgan fingerprint density at radius 3 is 1.78 bits per heavy atom. The van der Waals surface area contributed by atoms with E-state index in [-0.39, 0.29) is 0 Å². The third-order valence-corrected chi connectivity index (χ3v) is 5.03. The van der Waals surface area contributed by atoms with E-state index in [1.807, 2.05) is 0 Å². The maximum Gasteiger partial charge on any atom is 0.0403 e. The lowest BCUT2D eigenvalue weighted by Gasteiger charge is -2.33. The Hall–Kier alpha value is 0.290. The zero-order valence-electron chi connectivity index (χ0n) is 5.13. The highest BCUT2D eigenvalue weighted by Gasteiger charge is 2.82. The number of halogens is 1. The highest BCUT2D eigenvalue weighted by molar-refractivity contribution is 6.22. The molecule has 0 aromatic rings. The molecule has 0 spiro atoms. The summed E-state index contributed by atoms with van der Waals surface area (Å²) < 4.78 is 0. The second-order valence-corrected chi connectivity index (χ2v) is 4.82. The first-order chi connectivity index (χ1) is 4.39. The minimum atomic E-state index is 0.628. The van der Waals surface area contributed by atoms with Crippen LogP contribution in [0.5, 0.6) is 0 Å². The van der Waals surface area contributed by atoms with Gasteiger partial charge >= 0.3 is 0 Å². The van der Waals surface area contributed by atoms with Crippen LogP contribution in [0.3, 0.4) is 0 Å². The summed E-state index contributed by atoms with van der Waals surface area (Å²) in [4.78, 5) is 0. The second-order valence-electron chi connectivity index (χ2n) is 4.32. The van der Waals surface area contributed by atoms with E-state index in [0.29, 0.717) is 5.38 Å². The topological polar surface area (TPSA) is 0 Å². The van der Waals surface area contributed by atoms with Crippen LogP contribution in [0.1, 0.15) is 6.42 Å². The Balaban J connectivity index is 2.00. The molecule has 0 aromatic heterocycles. The Kier molecular flexibility index (Phi) is 0.416. The molecule has 48 valence electrons. The lowest BCUT2D eigenvalue weighted by atomic mass is 9.73. The van der Waals surface area contributed by atoms with Gasteiger partial charge in [-0.1, -0.05) is 0 Å². The number of rotatable bonds is 0. The predicted molar refractivity (Wildman–Crippen MR) is 35.2 cm³/mol. The van der Waals surface area contributed by atoms with Gasteiger partial charge in [0.05, 0.1) is 0 Å². The summed E-state index contributed by atoms with van der Waals surface area (Å²) in [6.45, 7) is 0. The average Bonchev–Trinajstić information content (AvgIpc) is 2.11. The highest BCUT2D eigenvalue weighted by atomic mass is 35.5. The highest BCUT2D eigenvalue weighted by Crippen LogP contribution is 2.85. The lowest BCUT2D eigenvalue weighted by Crippen LogP contribution is -2.29. The molecule has 0 nitrogen and oxygen atoms in total. The quantitative estimate of drug-likeness (QED) is 0.450. The van der Waals surface area contributed by atoms with E-state index in [0.717, 1.165) is 35.5 Å². The van der Waals surface area contributed by atoms with Gasteiger partial charge in [-0.05, 0) is 41.9 Å². The van der Waals surface area contributed by atoms with E-state index < -0.39 is 0 Å². The van der Waals surface area contributed by atoms with Gasteiger partial charge in [0, 0.05) is 5.38 Å². The average molecular weight is 141 g/mol. The van der Waals surface area contributed by atoms with E-state index in [4.69, 9.17) is 11.6 Å². The van der Waals surface area contributed by atoms with Crippen LogP contribution < -0.4 is 0 Å². The van der Waals surface area contributed by atoms with Crippen molar-refractivity contribution in [1.29, 1.82) is 0 Å². The van der Waals surface area contributed by atoms with Crippen LogP contribution in [-0.2, 0) is 0 Å². The minimum Gasteiger partial charge on any atom is -0.122 e. The van der Waals surface area contributed by atoms with E-state index in [9.17, 15) is 0 Å². The molecule has 6 bridgehead atoms. The van der Waals surface area contributed by atoms with E-state index >= 15 is 0 Å². The van der Waals surface area contributed by atoms with Crippen molar-refractivity contribution in [1.82, 2.24) is 0 Å². The summed E-state index contributed by atoms with van der Waals surface area (Å²) >= 11 is 6.22. The van der Waals surface area contributed by atoms with Crippen molar-refractivity contribution in [3.05, 3.63) is 0 Å². The molecule has 0 heterocycles. The van der Waals surface area contributed by atoms with Gasteiger partial charge in [-0.2, -0.15) is 0 Å². The molecule has 9 heavy (non-hydrogen) atoms. The van der Waals surface area contributed by atoms with Gasteiger partial charge in [0.25, 0.3) is 0 Å². The molecular formula is C8H9Cl. The fourth-order valence-electron chi connectivity index (χ4n) is 4.26. The SMILES string of the molecule is ClC1C2C3CC2C2C1C32. The third-order valence-electron chi connectivity index (χ3n) is 4.45. The summed E-state index contributed by atoms with van der Waals surface area (Å²) in [6.07, 6.45) is 1.56. The van der Waals surface area contributed by atoms with Gasteiger partial charge in [-0.3, -0.25) is 0 Å². The van der Waals surface area contributed by atoms with E-state index in [1.165, 1.54) is 0 Å². The summed E-state index contributed by atoms with van der Waals surface area (Å²) in [6, 6.07) is 0. The van der Waals surface area contributed by atoms with Gasteiger partial charge in [0.2, 0.25) is 0 Å². The van der Waals surface area contributed by atoms with Gasteiger partial charge in [0.1, 0.15) is 0 Å². The lowest BCUT2D eigenvalue weighted by molar-refractivity contribution is 0.173. The predicted octanol–water partition coefficient (Wildman–Crippen LogP) is 1.74. The molecule has 5 unspecified atom stereocenters. The minimum absolute atomic E-state index is 0.628. The summed E-state index contributed by atoms with van der Waals surface area (Å²) in [5, 5.41) is 0.628. The maximum atomic E-state index is 6.22. The molecule has 0 saturated heterocycles. The van der Waals surface area contributed by atoms with Gasteiger partial charge in [-0.25, -0.2) is 0 Å². The van der Waals surface area contributed by atoms with Crippen LogP contribution in [0.4, 0.5) is 0 Å². The first kappa shape index (κ1) is 4.23. The molecule has 1 heteroatoms. The molecule has 0 aromatic carbocycles. The fraction of sp³-hybridized carbons (Fsp3) is 1.00. The molecule has 0 radical (unpaired) electrons. The molecule has 5 fully saturated rings. The molecule has 0 N–H and O–H groups in total. The molecule has 0 amide bonds. The van der Waals surface area contributed by atoms with Crippen LogP contribution in [0.25, 0.3) is 0 Å². The molecule has 0 aliphatic heterocycles. The van der Waals surface area contributed by atoms with Crippen molar-refractivity contribution in [3.63, 3.8) is 0 Å². The normalized spacial score (nSPS) is 87.0.